The molecule has 4 heteroatoms. The summed E-state index contributed by atoms with van der Waals surface area (Å²) in [6.45, 7) is 7.60. The van der Waals surface area contributed by atoms with Gasteiger partial charge in [-0.3, -0.25) is 9.59 Å². The molecule has 0 N–H and O–H groups in total. The maximum atomic E-state index is 13.1. The zero-order valence-electron chi connectivity index (χ0n) is 14.0. The van der Waals surface area contributed by atoms with E-state index in [0.29, 0.717) is 29.0 Å². The van der Waals surface area contributed by atoms with Crippen LogP contribution in [0.1, 0.15) is 37.4 Å². The maximum absolute atomic E-state index is 13.1. The van der Waals surface area contributed by atoms with Gasteiger partial charge < -0.3 is 9.47 Å². The van der Waals surface area contributed by atoms with Crippen LogP contribution >= 0.6 is 0 Å². The quantitative estimate of drug-likeness (QED) is 0.644. The normalized spacial score (nSPS) is 12.2. The third kappa shape index (κ3) is 2.66. The second-order valence-corrected chi connectivity index (χ2v) is 5.61. The molecular weight excluding hydrogens is 316 g/mol. The molecular formula is C21H18O4. The van der Waals surface area contributed by atoms with Gasteiger partial charge in [0, 0.05) is 16.7 Å². The van der Waals surface area contributed by atoms with Gasteiger partial charge in [0.1, 0.15) is 18.1 Å². The fourth-order valence-corrected chi connectivity index (χ4v) is 3.09. The number of carbonyl (C=O) groups excluding carboxylic acids is 2. The summed E-state index contributed by atoms with van der Waals surface area (Å²) in [5.74, 6) is 0.276. The first kappa shape index (κ1) is 16.7. The van der Waals surface area contributed by atoms with Crippen LogP contribution in [0.2, 0.25) is 0 Å². The molecule has 2 aromatic rings. The van der Waals surface area contributed by atoms with Gasteiger partial charge in [-0.1, -0.05) is 43.0 Å². The molecule has 0 radical (unpaired) electrons. The van der Waals surface area contributed by atoms with Crippen molar-refractivity contribution in [3.8, 4) is 11.5 Å². The fraction of sp³-hybridized carbons (Fsp3) is 0.143. The highest BCUT2D eigenvalue weighted by Gasteiger charge is 2.36. The standard InChI is InChI=1S/C21H18O4/c1-4-8-13-12-16(25-11-5-2)17-18(21(13)24-3)20(23)15-10-7-6-9-14(15)19(17)22/h4-7,9-10,12H,1-2,8,11H2,3H3. The highest BCUT2D eigenvalue weighted by molar-refractivity contribution is 6.30. The van der Waals surface area contributed by atoms with Crippen LogP contribution in [0.25, 0.3) is 0 Å². The molecule has 0 fully saturated rings. The van der Waals surface area contributed by atoms with Crippen molar-refractivity contribution in [2.45, 2.75) is 6.42 Å². The Hall–Kier alpha value is -3.14. The Kier molecular flexibility index (Phi) is 4.52. The van der Waals surface area contributed by atoms with E-state index >= 15 is 0 Å². The number of carbonyl (C=O) groups is 2. The van der Waals surface area contributed by atoms with E-state index in [9.17, 15) is 9.59 Å². The number of benzene rings is 2. The van der Waals surface area contributed by atoms with Gasteiger partial charge in [-0.2, -0.15) is 0 Å². The lowest BCUT2D eigenvalue weighted by Gasteiger charge is -2.24. The fourth-order valence-electron chi connectivity index (χ4n) is 3.09. The van der Waals surface area contributed by atoms with E-state index in [1.807, 2.05) is 0 Å². The Bertz CT molecular complexity index is 893. The summed E-state index contributed by atoms with van der Waals surface area (Å²) in [4.78, 5) is 26.1. The van der Waals surface area contributed by atoms with E-state index < -0.39 is 0 Å². The molecule has 0 saturated carbocycles. The average molecular weight is 334 g/mol. The molecule has 0 atom stereocenters. The van der Waals surface area contributed by atoms with Gasteiger partial charge in [0.05, 0.1) is 18.2 Å². The zero-order chi connectivity index (χ0) is 18.0. The molecule has 3 rings (SSSR count). The Morgan fingerprint density at radius 3 is 2.20 bits per heavy atom. The van der Waals surface area contributed by atoms with Crippen molar-refractivity contribution in [2.24, 2.45) is 0 Å². The number of fused-ring (bicyclic) bond motifs is 2. The van der Waals surface area contributed by atoms with Crippen molar-refractivity contribution in [3.05, 3.63) is 83.5 Å². The molecule has 25 heavy (non-hydrogen) atoms. The van der Waals surface area contributed by atoms with E-state index in [-0.39, 0.29) is 29.3 Å². The summed E-state index contributed by atoms with van der Waals surface area (Å²) in [6.07, 6.45) is 3.79. The number of ether oxygens (including phenoxy) is 2. The minimum atomic E-state index is -0.243. The van der Waals surface area contributed by atoms with E-state index in [1.54, 1.807) is 42.5 Å². The third-order valence-corrected chi connectivity index (χ3v) is 4.12. The number of rotatable bonds is 6. The van der Waals surface area contributed by atoms with Crippen LogP contribution in [0.15, 0.2) is 55.6 Å². The van der Waals surface area contributed by atoms with Crippen LogP contribution < -0.4 is 9.47 Å². The first-order valence-electron chi connectivity index (χ1n) is 7.90. The Morgan fingerprint density at radius 2 is 1.64 bits per heavy atom. The van der Waals surface area contributed by atoms with Gasteiger partial charge in [-0.15, -0.1) is 6.58 Å². The molecule has 0 unspecified atom stereocenters. The number of methoxy groups -OCH3 is 1. The summed E-state index contributed by atoms with van der Waals surface area (Å²) in [7, 11) is 1.49. The van der Waals surface area contributed by atoms with Crippen LogP contribution in [-0.2, 0) is 6.42 Å². The molecule has 1 aliphatic carbocycles. The molecule has 0 aliphatic heterocycles. The van der Waals surface area contributed by atoms with Crippen molar-refractivity contribution >= 4 is 11.6 Å². The Labute approximate surface area is 146 Å². The molecule has 0 spiro atoms. The molecule has 1 aliphatic rings. The topological polar surface area (TPSA) is 52.6 Å². The maximum Gasteiger partial charge on any atom is 0.198 e. The van der Waals surface area contributed by atoms with Gasteiger partial charge in [0.2, 0.25) is 0 Å². The van der Waals surface area contributed by atoms with Crippen molar-refractivity contribution in [1.82, 2.24) is 0 Å². The monoisotopic (exact) mass is 334 g/mol. The third-order valence-electron chi connectivity index (χ3n) is 4.12. The number of ketones is 2. The van der Waals surface area contributed by atoms with Gasteiger partial charge in [0.25, 0.3) is 0 Å². The predicted molar refractivity (Wildman–Crippen MR) is 95.9 cm³/mol. The summed E-state index contributed by atoms with van der Waals surface area (Å²) in [5.41, 5.74) is 2.00. The van der Waals surface area contributed by atoms with Crippen LogP contribution in [0, 0.1) is 0 Å². The number of allylic oxidation sites excluding steroid dienone is 1. The summed E-state index contributed by atoms with van der Waals surface area (Å²) >= 11 is 0. The largest absolute Gasteiger partial charge is 0.496 e. The lowest BCUT2D eigenvalue weighted by atomic mass is 9.81. The lowest BCUT2D eigenvalue weighted by molar-refractivity contribution is 0.0973. The van der Waals surface area contributed by atoms with E-state index in [1.165, 1.54) is 7.11 Å². The molecule has 4 nitrogen and oxygen atoms in total. The van der Waals surface area contributed by atoms with E-state index in [0.717, 1.165) is 5.56 Å². The molecule has 2 aromatic carbocycles. The SMILES string of the molecule is C=CCOc1cc(CC=C)c(OC)c2c1C(=O)c1ccccc1C2=O. The molecule has 0 amide bonds. The van der Waals surface area contributed by atoms with Crippen LogP contribution in [-0.4, -0.2) is 25.3 Å². The number of hydrogen-bond donors (Lipinski definition) is 0. The second kappa shape index (κ2) is 6.77. The van der Waals surface area contributed by atoms with Crippen molar-refractivity contribution in [3.63, 3.8) is 0 Å². The molecule has 0 aromatic heterocycles. The highest BCUT2D eigenvalue weighted by Crippen LogP contribution is 2.41. The number of hydrogen-bond acceptors (Lipinski definition) is 4. The zero-order valence-corrected chi connectivity index (χ0v) is 14.0. The first-order valence-corrected chi connectivity index (χ1v) is 7.90. The van der Waals surface area contributed by atoms with Crippen LogP contribution in [0.4, 0.5) is 0 Å². The van der Waals surface area contributed by atoms with Crippen molar-refractivity contribution in [2.75, 3.05) is 13.7 Å². The first-order chi connectivity index (χ1) is 12.1. The van der Waals surface area contributed by atoms with E-state index in [2.05, 4.69) is 13.2 Å². The van der Waals surface area contributed by atoms with Gasteiger partial charge in [0.15, 0.2) is 11.6 Å². The van der Waals surface area contributed by atoms with Gasteiger partial charge in [-0.25, -0.2) is 0 Å². The lowest BCUT2D eigenvalue weighted by Crippen LogP contribution is -2.23. The minimum absolute atomic E-state index is 0.232. The minimum Gasteiger partial charge on any atom is -0.496 e. The molecule has 0 heterocycles. The van der Waals surface area contributed by atoms with E-state index in [4.69, 9.17) is 9.47 Å². The Balaban J connectivity index is 2.33. The van der Waals surface area contributed by atoms with Crippen molar-refractivity contribution < 1.29 is 19.1 Å². The Morgan fingerprint density at radius 1 is 1.00 bits per heavy atom. The molecule has 0 bridgehead atoms. The predicted octanol–water partition coefficient (Wildman–Crippen LogP) is 3.76. The van der Waals surface area contributed by atoms with Crippen molar-refractivity contribution in [1.29, 1.82) is 0 Å². The highest BCUT2D eigenvalue weighted by atomic mass is 16.5. The summed E-state index contributed by atoms with van der Waals surface area (Å²) in [6, 6.07) is 8.52. The van der Waals surface area contributed by atoms with Crippen LogP contribution in [0.5, 0.6) is 11.5 Å². The van der Waals surface area contributed by atoms with Crippen LogP contribution in [0.3, 0.4) is 0 Å². The summed E-state index contributed by atoms with van der Waals surface area (Å²) in [5, 5.41) is 0. The summed E-state index contributed by atoms with van der Waals surface area (Å²) < 4.78 is 11.2. The molecule has 0 saturated heterocycles. The van der Waals surface area contributed by atoms with Gasteiger partial charge >= 0.3 is 0 Å². The average Bonchev–Trinajstić information content (AvgIpc) is 2.64. The van der Waals surface area contributed by atoms with Gasteiger partial charge in [-0.05, 0) is 12.5 Å². The molecule has 126 valence electrons. The second-order valence-electron chi connectivity index (χ2n) is 5.61. The smallest absolute Gasteiger partial charge is 0.198 e.